The molecule has 2 heterocycles. The number of thiazole rings is 2. The second kappa shape index (κ2) is 4.69. The van der Waals surface area contributed by atoms with Crippen LogP contribution in [0.15, 0.2) is 10.9 Å². The van der Waals surface area contributed by atoms with Crippen molar-refractivity contribution in [3.63, 3.8) is 0 Å². The Morgan fingerprint density at radius 3 is 2.94 bits per heavy atom. The van der Waals surface area contributed by atoms with Gasteiger partial charge in [0.15, 0.2) is 5.69 Å². The third-order valence-electron chi connectivity index (χ3n) is 1.92. The summed E-state index contributed by atoms with van der Waals surface area (Å²) in [6.07, 6.45) is 0.531. The molecule has 84 valence electrons. The molecule has 0 fully saturated rings. The van der Waals surface area contributed by atoms with Gasteiger partial charge in [0.05, 0.1) is 5.51 Å². The molecule has 16 heavy (non-hydrogen) atoms. The molecule has 0 saturated heterocycles. The van der Waals surface area contributed by atoms with Crippen LogP contribution in [0.5, 0.6) is 0 Å². The standard InChI is InChI=1S/C9H9N3O2S2/c10-2-1-6-7(9(13)14)12-8(16-6)5-3-15-4-11-5/h3-4H,1-2,10H2,(H,13,14). The number of carbonyl (C=O) groups is 1. The molecule has 0 bridgehead atoms. The Morgan fingerprint density at radius 2 is 2.38 bits per heavy atom. The summed E-state index contributed by atoms with van der Waals surface area (Å²) in [7, 11) is 0. The van der Waals surface area contributed by atoms with Gasteiger partial charge in [0.1, 0.15) is 10.7 Å². The normalized spacial score (nSPS) is 10.6. The Labute approximate surface area is 99.6 Å². The highest BCUT2D eigenvalue weighted by atomic mass is 32.1. The molecule has 0 aliphatic rings. The van der Waals surface area contributed by atoms with E-state index in [9.17, 15) is 4.79 Å². The van der Waals surface area contributed by atoms with Crippen molar-refractivity contribution < 1.29 is 9.90 Å². The average Bonchev–Trinajstić information content (AvgIpc) is 2.83. The SMILES string of the molecule is NCCc1sc(-c2cscn2)nc1C(=O)O. The smallest absolute Gasteiger partial charge is 0.355 e. The Kier molecular flexibility index (Phi) is 3.28. The second-order valence-electron chi connectivity index (χ2n) is 3.01. The van der Waals surface area contributed by atoms with E-state index in [2.05, 4.69) is 9.97 Å². The fourth-order valence-corrected chi connectivity index (χ4v) is 2.89. The monoisotopic (exact) mass is 255 g/mol. The van der Waals surface area contributed by atoms with Crippen molar-refractivity contribution >= 4 is 28.6 Å². The van der Waals surface area contributed by atoms with Crippen LogP contribution in [-0.4, -0.2) is 27.6 Å². The van der Waals surface area contributed by atoms with Crippen molar-refractivity contribution in [1.29, 1.82) is 0 Å². The largest absolute Gasteiger partial charge is 0.476 e. The molecule has 0 aliphatic heterocycles. The lowest BCUT2D eigenvalue weighted by Gasteiger charge is -1.92. The van der Waals surface area contributed by atoms with Gasteiger partial charge in [-0.3, -0.25) is 0 Å². The maximum atomic E-state index is 11.0. The number of hydrogen-bond donors (Lipinski definition) is 2. The zero-order valence-corrected chi connectivity index (χ0v) is 9.85. The fraction of sp³-hybridized carbons (Fsp3) is 0.222. The highest BCUT2D eigenvalue weighted by molar-refractivity contribution is 7.15. The molecule has 2 rings (SSSR count). The van der Waals surface area contributed by atoms with Gasteiger partial charge in [0, 0.05) is 10.3 Å². The van der Waals surface area contributed by atoms with Crippen LogP contribution in [-0.2, 0) is 6.42 Å². The number of nitrogens with two attached hydrogens (primary N) is 1. The molecule has 7 heteroatoms. The molecular weight excluding hydrogens is 246 g/mol. The zero-order chi connectivity index (χ0) is 11.5. The van der Waals surface area contributed by atoms with Crippen LogP contribution in [0.3, 0.4) is 0 Å². The van der Waals surface area contributed by atoms with E-state index in [0.29, 0.717) is 22.9 Å². The van der Waals surface area contributed by atoms with Crippen molar-refractivity contribution in [3.05, 3.63) is 21.5 Å². The van der Waals surface area contributed by atoms with E-state index in [1.165, 1.54) is 22.7 Å². The van der Waals surface area contributed by atoms with E-state index in [0.717, 1.165) is 5.69 Å². The van der Waals surface area contributed by atoms with Crippen molar-refractivity contribution in [2.75, 3.05) is 6.54 Å². The zero-order valence-electron chi connectivity index (χ0n) is 8.21. The first kappa shape index (κ1) is 11.2. The summed E-state index contributed by atoms with van der Waals surface area (Å²) in [6, 6.07) is 0. The first-order valence-corrected chi connectivity index (χ1v) is 6.30. The average molecular weight is 255 g/mol. The number of aromatic nitrogens is 2. The van der Waals surface area contributed by atoms with Gasteiger partial charge in [-0.15, -0.1) is 22.7 Å². The van der Waals surface area contributed by atoms with Crippen LogP contribution in [0.2, 0.25) is 0 Å². The molecule has 0 spiro atoms. The number of carboxylic acid groups (broad SMARTS) is 1. The Balaban J connectivity index is 2.42. The van der Waals surface area contributed by atoms with Gasteiger partial charge < -0.3 is 10.8 Å². The summed E-state index contributed by atoms with van der Waals surface area (Å²) >= 11 is 2.80. The van der Waals surface area contributed by atoms with E-state index in [1.54, 1.807) is 5.51 Å². The van der Waals surface area contributed by atoms with Crippen molar-refractivity contribution in [1.82, 2.24) is 9.97 Å². The third kappa shape index (κ3) is 2.11. The molecule has 3 N–H and O–H groups in total. The van der Waals surface area contributed by atoms with Crippen LogP contribution in [0.25, 0.3) is 10.7 Å². The van der Waals surface area contributed by atoms with Crippen molar-refractivity contribution in [2.24, 2.45) is 5.73 Å². The maximum absolute atomic E-state index is 11.0. The third-order valence-corrected chi connectivity index (χ3v) is 3.65. The summed E-state index contributed by atoms with van der Waals surface area (Å²) in [5.41, 5.74) is 7.94. The first-order valence-electron chi connectivity index (χ1n) is 4.54. The number of aromatic carboxylic acids is 1. The van der Waals surface area contributed by atoms with Gasteiger partial charge in [-0.1, -0.05) is 0 Å². The van der Waals surface area contributed by atoms with Crippen LogP contribution in [0, 0.1) is 0 Å². The van der Waals surface area contributed by atoms with E-state index in [4.69, 9.17) is 10.8 Å². The van der Waals surface area contributed by atoms with Crippen molar-refractivity contribution in [3.8, 4) is 10.7 Å². The molecule has 0 aromatic carbocycles. The maximum Gasteiger partial charge on any atom is 0.355 e. The van der Waals surface area contributed by atoms with Crippen LogP contribution in [0.1, 0.15) is 15.4 Å². The molecule has 0 saturated carbocycles. The Morgan fingerprint density at radius 1 is 1.56 bits per heavy atom. The number of nitrogens with zero attached hydrogens (tertiary/aromatic N) is 2. The van der Waals surface area contributed by atoms with Gasteiger partial charge in [-0.25, -0.2) is 14.8 Å². The van der Waals surface area contributed by atoms with Crippen molar-refractivity contribution in [2.45, 2.75) is 6.42 Å². The highest BCUT2D eigenvalue weighted by Crippen LogP contribution is 2.28. The lowest BCUT2D eigenvalue weighted by molar-refractivity contribution is 0.0690. The molecule has 0 radical (unpaired) electrons. The summed E-state index contributed by atoms with van der Waals surface area (Å²) in [6.45, 7) is 0.416. The Hall–Kier alpha value is -1.31. The fourth-order valence-electron chi connectivity index (χ4n) is 1.25. The molecule has 0 amide bonds. The summed E-state index contributed by atoms with van der Waals surface area (Å²) in [4.78, 5) is 19.9. The van der Waals surface area contributed by atoms with Crippen LogP contribution < -0.4 is 5.73 Å². The van der Waals surface area contributed by atoms with E-state index in [1.807, 2.05) is 5.38 Å². The van der Waals surface area contributed by atoms with Crippen LogP contribution in [0.4, 0.5) is 0 Å². The number of carboxylic acids is 1. The van der Waals surface area contributed by atoms with Gasteiger partial charge in [0.25, 0.3) is 0 Å². The van der Waals surface area contributed by atoms with E-state index in [-0.39, 0.29) is 5.69 Å². The topological polar surface area (TPSA) is 89.1 Å². The predicted molar refractivity (Wildman–Crippen MR) is 62.9 cm³/mol. The molecule has 2 aromatic heterocycles. The Bertz CT molecular complexity index is 493. The summed E-state index contributed by atoms with van der Waals surface area (Å²) in [5.74, 6) is -1.01. The minimum Gasteiger partial charge on any atom is -0.476 e. The second-order valence-corrected chi connectivity index (χ2v) is 4.81. The highest BCUT2D eigenvalue weighted by Gasteiger charge is 2.18. The summed E-state index contributed by atoms with van der Waals surface area (Å²) in [5, 5.41) is 11.5. The van der Waals surface area contributed by atoms with Crippen LogP contribution >= 0.6 is 22.7 Å². The predicted octanol–water partition coefficient (Wildman–Crippen LogP) is 1.47. The van der Waals surface area contributed by atoms with E-state index < -0.39 is 5.97 Å². The minimum atomic E-state index is -1.01. The lowest BCUT2D eigenvalue weighted by atomic mass is 10.3. The molecular formula is C9H9N3O2S2. The lowest BCUT2D eigenvalue weighted by Crippen LogP contribution is -2.06. The molecule has 0 atom stereocenters. The summed E-state index contributed by atoms with van der Waals surface area (Å²) < 4.78 is 0. The molecule has 0 aliphatic carbocycles. The van der Waals surface area contributed by atoms with E-state index >= 15 is 0 Å². The molecule has 0 unspecified atom stereocenters. The quantitative estimate of drug-likeness (QED) is 0.863. The minimum absolute atomic E-state index is 0.0958. The van der Waals surface area contributed by atoms with Gasteiger partial charge in [-0.2, -0.15) is 0 Å². The van der Waals surface area contributed by atoms with Gasteiger partial charge in [-0.05, 0) is 13.0 Å². The number of hydrogen-bond acceptors (Lipinski definition) is 6. The first-order chi connectivity index (χ1) is 7.72. The number of rotatable bonds is 4. The molecule has 2 aromatic rings. The van der Waals surface area contributed by atoms with Gasteiger partial charge >= 0.3 is 5.97 Å². The van der Waals surface area contributed by atoms with Gasteiger partial charge in [0.2, 0.25) is 0 Å². The molecule has 5 nitrogen and oxygen atoms in total.